The predicted octanol–water partition coefficient (Wildman–Crippen LogP) is 4.04. The Balaban J connectivity index is 1.96. The van der Waals surface area contributed by atoms with Crippen LogP contribution in [0.15, 0.2) is 91.0 Å². The van der Waals surface area contributed by atoms with Crippen molar-refractivity contribution in [3.63, 3.8) is 0 Å². The van der Waals surface area contributed by atoms with Gasteiger partial charge in [-0.1, -0.05) is 99.3 Å². The zero-order valence-corrected chi connectivity index (χ0v) is 13.0. The van der Waals surface area contributed by atoms with E-state index in [0.29, 0.717) is 0 Å². The molecule has 0 saturated carbocycles. The lowest BCUT2D eigenvalue weighted by atomic mass is 10.4. The number of benzene rings is 3. The van der Waals surface area contributed by atoms with Gasteiger partial charge in [0.15, 0.2) is 0 Å². The molecule has 3 rings (SSSR count). The summed E-state index contributed by atoms with van der Waals surface area (Å²) in [5, 5.41) is 4.35. The van der Waals surface area contributed by atoms with Gasteiger partial charge < -0.3 is 0 Å². The maximum absolute atomic E-state index is 2.26. The van der Waals surface area contributed by atoms with Crippen LogP contribution in [0.5, 0.6) is 0 Å². The molecular weight excluding hydrogens is 278 g/mol. The number of hydrogen-bond donors (Lipinski definition) is 0. The summed E-state index contributed by atoms with van der Waals surface area (Å²) in [6.45, 7) is 0. The molecule has 98 valence electrons. The lowest BCUT2D eigenvalue weighted by molar-refractivity contribution is 1.76. The minimum Gasteiger partial charge on any atom is -0.0622 e. The van der Waals surface area contributed by atoms with Crippen LogP contribution >= 0.6 is 15.9 Å². The van der Waals surface area contributed by atoms with Crippen LogP contribution in [-0.2, 0) is 0 Å². The van der Waals surface area contributed by atoms with E-state index in [2.05, 4.69) is 91.0 Å². The summed E-state index contributed by atoms with van der Waals surface area (Å²) >= 11 is 0. The van der Waals surface area contributed by atoms with Crippen LogP contribution < -0.4 is 15.9 Å². The van der Waals surface area contributed by atoms with Gasteiger partial charge >= 0.3 is 0 Å². The molecule has 0 heterocycles. The van der Waals surface area contributed by atoms with Gasteiger partial charge in [-0.15, -0.1) is 0 Å². The van der Waals surface area contributed by atoms with Gasteiger partial charge in [0.25, 0.3) is 0 Å². The van der Waals surface area contributed by atoms with Crippen molar-refractivity contribution in [1.29, 1.82) is 0 Å². The molecule has 0 amide bonds. The molecule has 0 aliphatic carbocycles. The van der Waals surface area contributed by atoms with Crippen molar-refractivity contribution in [2.75, 3.05) is 0 Å². The SMILES string of the molecule is c1ccc(PP(c2ccccc2)c2ccccc2)cc1. The number of hydrogen-bond acceptors (Lipinski definition) is 0. The van der Waals surface area contributed by atoms with E-state index < -0.39 is 0 Å². The fourth-order valence-corrected chi connectivity index (χ4v) is 7.06. The molecule has 0 nitrogen and oxygen atoms in total. The summed E-state index contributed by atoms with van der Waals surface area (Å²) < 4.78 is 0. The van der Waals surface area contributed by atoms with Gasteiger partial charge in [0, 0.05) is 0 Å². The van der Waals surface area contributed by atoms with Crippen LogP contribution in [0, 0.1) is 0 Å². The smallest absolute Gasteiger partial charge is 0.0152 e. The van der Waals surface area contributed by atoms with Crippen molar-refractivity contribution in [2.45, 2.75) is 0 Å². The first-order chi connectivity index (χ1) is 9.93. The van der Waals surface area contributed by atoms with E-state index in [4.69, 9.17) is 0 Å². The van der Waals surface area contributed by atoms with E-state index in [0.717, 1.165) is 8.27 Å². The van der Waals surface area contributed by atoms with E-state index in [9.17, 15) is 0 Å². The summed E-state index contributed by atoms with van der Waals surface area (Å²) in [6.07, 6.45) is 0. The monoisotopic (exact) mass is 294 g/mol. The predicted molar refractivity (Wildman–Crippen MR) is 93.5 cm³/mol. The van der Waals surface area contributed by atoms with Crippen LogP contribution in [0.2, 0.25) is 0 Å². The van der Waals surface area contributed by atoms with Crippen LogP contribution in [0.25, 0.3) is 0 Å². The molecule has 0 aromatic heterocycles. The third kappa shape index (κ3) is 3.34. The Hall–Kier alpha value is -1.48. The lowest BCUT2D eigenvalue weighted by Crippen LogP contribution is -2.10. The fourth-order valence-electron chi connectivity index (χ4n) is 2.07. The Morgan fingerprint density at radius 3 is 1.35 bits per heavy atom. The van der Waals surface area contributed by atoms with Crippen LogP contribution in [-0.4, -0.2) is 0 Å². The highest BCUT2D eigenvalue weighted by Crippen LogP contribution is 2.52. The molecule has 2 heteroatoms. The quantitative estimate of drug-likeness (QED) is 0.637. The topological polar surface area (TPSA) is 0 Å². The van der Waals surface area contributed by atoms with E-state index in [1.807, 2.05) is 0 Å². The van der Waals surface area contributed by atoms with E-state index in [1.54, 1.807) is 0 Å². The molecule has 0 aliphatic rings. The molecule has 0 fully saturated rings. The Kier molecular flexibility index (Phi) is 4.59. The minimum atomic E-state index is -0.299. The second-order valence-corrected chi connectivity index (χ2v) is 9.00. The summed E-state index contributed by atoms with van der Waals surface area (Å²) in [5.74, 6) is 0. The van der Waals surface area contributed by atoms with Crippen molar-refractivity contribution < 1.29 is 0 Å². The summed E-state index contributed by atoms with van der Waals surface area (Å²) in [4.78, 5) is 0. The average molecular weight is 294 g/mol. The molecule has 0 aliphatic heterocycles. The first-order valence-corrected chi connectivity index (χ1v) is 9.84. The maximum atomic E-state index is 2.26. The van der Waals surface area contributed by atoms with Crippen molar-refractivity contribution in [3.8, 4) is 0 Å². The molecule has 0 spiro atoms. The Morgan fingerprint density at radius 1 is 0.500 bits per heavy atom. The molecular formula is C18H16P2. The average Bonchev–Trinajstić information content (AvgIpc) is 2.55. The minimum absolute atomic E-state index is 0.299. The molecule has 3 aromatic carbocycles. The van der Waals surface area contributed by atoms with Crippen molar-refractivity contribution in [1.82, 2.24) is 0 Å². The first-order valence-electron chi connectivity index (χ1n) is 6.65. The zero-order valence-electron chi connectivity index (χ0n) is 11.1. The van der Waals surface area contributed by atoms with Crippen molar-refractivity contribution in [3.05, 3.63) is 91.0 Å². The Morgan fingerprint density at radius 2 is 0.900 bits per heavy atom. The number of rotatable bonds is 4. The van der Waals surface area contributed by atoms with Crippen molar-refractivity contribution in [2.24, 2.45) is 0 Å². The highest BCUT2D eigenvalue weighted by Gasteiger charge is 2.13. The highest BCUT2D eigenvalue weighted by atomic mass is 32.0. The Bertz CT molecular complexity index is 597. The van der Waals surface area contributed by atoms with Crippen LogP contribution in [0.3, 0.4) is 0 Å². The maximum Gasteiger partial charge on any atom is -0.0152 e. The molecule has 20 heavy (non-hydrogen) atoms. The van der Waals surface area contributed by atoms with Crippen LogP contribution in [0.4, 0.5) is 0 Å². The van der Waals surface area contributed by atoms with Gasteiger partial charge in [0.05, 0.1) is 0 Å². The van der Waals surface area contributed by atoms with Crippen molar-refractivity contribution >= 4 is 31.8 Å². The normalized spacial score (nSPS) is 11.2. The summed E-state index contributed by atoms with van der Waals surface area (Å²) in [7, 11) is 0.516. The molecule has 0 bridgehead atoms. The summed E-state index contributed by atoms with van der Waals surface area (Å²) in [6, 6.07) is 32.6. The molecule has 0 N–H and O–H groups in total. The largest absolute Gasteiger partial charge is 0.0622 e. The highest BCUT2D eigenvalue weighted by molar-refractivity contribution is 8.31. The summed E-state index contributed by atoms with van der Waals surface area (Å²) in [5.41, 5.74) is 0. The fraction of sp³-hybridized carbons (Fsp3) is 0. The van der Waals surface area contributed by atoms with E-state index in [1.165, 1.54) is 15.9 Å². The Labute approximate surface area is 123 Å². The van der Waals surface area contributed by atoms with Crippen LogP contribution in [0.1, 0.15) is 0 Å². The van der Waals surface area contributed by atoms with Gasteiger partial charge in [0.2, 0.25) is 0 Å². The van der Waals surface area contributed by atoms with E-state index >= 15 is 0 Å². The standard InChI is InChI=1S/C18H16P2/c1-4-10-16(11-5-1)19-20(17-12-6-2-7-13-17)18-14-8-3-9-15-18/h1-15,19H. The second-order valence-electron chi connectivity index (χ2n) is 4.48. The van der Waals surface area contributed by atoms with E-state index in [-0.39, 0.29) is 7.61 Å². The van der Waals surface area contributed by atoms with Gasteiger partial charge in [-0.25, -0.2) is 0 Å². The molecule has 3 aromatic rings. The molecule has 0 radical (unpaired) electrons. The third-order valence-electron chi connectivity index (χ3n) is 3.04. The first kappa shape index (κ1) is 13.5. The second kappa shape index (κ2) is 6.80. The van der Waals surface area contributed by atoms with Gasteiger partial charge in [-0.3, -0.25) is 0 Å². The zero-order chi connectivity index (χ0) is 13.6. The van der Waals surface area contributed by atoms with Gasteiger partial charge in [0.1, 0.15) is 0 Å². The molecule has 0 saturated heterocycles. The lowest BCUT2D eigenvalue weighted by Gasteiger charge is -2.18. The van der Waals surface area contributed by atoms with Gasteiger partial charge in [-0.05, 0) is 23.5 Å². The molecule has 1 unspecified atom stereocenters. The van der Waals surface area contributed by atoms with Gasteiger partial charge in [-0.2, -0.15) is 0 Å². The third-order valence-corrected chi connectivity index (χ3v) is 8.48. The molecule has 1 atom stereocenters.